The lowest BCUT2D eigenvalue weighted by molar-refractivity contribution is -0.120. The van der Waals surface area contributed by atoms with Gasteiger partial charge in [-0.1, -0.05) is 23.7 Å². The van der Waals surface area contributed by atoms with E-state index in [9.17, 15) is 9.18 Å². The van der Waals surface area contributed by atoms with Crippen LogP contribution in [0.25, 0.3) is 0 Å². The van der Waals surface area contributed by atoms with E-state index in [1.807, 2.05) is 6.92 Å². The topological polar surface area (TPSA) is 50.4 Å². The predicted molar refractivity (Wildman–Crippen MR) is 89.5 cm³/mol. The highest BCUT2D eigenvalue weighted by molar-refractivity contribution is 6.32. The molecule has 1 atom stereocenters. The first-order valence-electron chi connectivity index (χ1n) is 7.12. The Balaban J connectivity index is 1.87. The molecular formula is C17H18ClFN2O2. The molecule has 0 radical (unpaired) electrons. The van der Waals surface area contributed by atoms with Crippen LogP contribution in [0.2, 0.25) is 5.02 Å². The summed E-state index contributed by atoms with van der Waals surface area (Å²) in [5, 5.41) is 6.30. The van der Waals surface area contributed by atoms with E-state index in [0.29, 0.717) is 10.8 Å². The van der Waals surface area contributed by atoms with Crippen molar-refractivity contribution >= 4 is 23.2 Å². The summed E-state index contributed by atoms with van der Waals surface area (Å²) in [7, 11) is 1.54. The molecule has 0 aliphatic heterocycles. The zero-order valence-electron chi connectivity index (χ0n) is 12.9. The second-order valence-corrected chi connectivity index (χ2v) is 5.45. The lowest BCUT2D eigenvalue weighted by atomic mass is 10.1. The van der Waals surface area contributed by atoms with Crippen LogP contribution >= 0.6 is 11.6 Å². The number of hydrogen-bond donors (Lipinski definition) is 2. The molecule has 0 aliphatic carbocycles. The Morgan fingerprint density at radius 1 is 1.26 bits per heavy atom. The van der Waals surface area contributed by atoms with E-state index in [2.05, 4.69) is 10.6 Å². The number of anilines is 1. The fraction of sp³-hybridized carbons (Fsp3) is 0.235. The summed E-state index contributed by atoms with van der Waals surface area (Å²) in [5.41, 5.74) is 1.56. The number of benzene rings is 2. The quantitative estimate of drug-likeness (QED) is 0.844. The van der Waals surface area contributed by atoms with Gasteiger partial charge in [0, 0.05) is 5.69 Å². The molecule has 0 saturated heterocycles. The first kappa shape index (κ1) is 17.1. The lowest BCUT2D eigenvalue weighted by Gasteiger charge is -2.15. The maximum atomic E-state index is 12.9. The van der Waals surface area contributed by atoms with Gasteiger partial charge in [0.25, 0.3) is 0 Å². The molecule has 0 bridgehead atoms. The Labute approximate surface area is 139 Å². The van der Waals surface area contributed by atoms with Gasteiger partial charge in [-0.25, -0.2) is 4.39 Å². The van der Waals surface area contributed by atoms with E-state index in [0.717, 1.165) is 11.3 Å². The summed E-state index contributed by atoms with van der Waals surface area (Å²) >= 11 is 6.03. The van der Waals surface area contributed by atoms with Gasteiger partial charge in [-0.3, -0.25) is 4.79 Å². The van der Waals surface area contributed by atoms with Gasteiger partial charge in [0.1, 0.15) is 11.6 Å². The van der Waals surface area contributed by atoms with Crippen LogP contribution in [-0.2, 0) is 4.79 Å². The van der Waals surface area contributed by atoms with Gasteiger partial charge in [-0.2, -0.15) is 0 Å². The number of amides is 1. The monoisotopic (exact) mass is 336 g/mol. The minimum absolute atomic E-state index is 0.105. The molecule has 6 heteroatoms. The van der Waals surface area contributed by atoms with Crippen LogP contribution in [0.1, 0.15) is 18.5 Å². The molecule has 2 aromatic rings. The number of ether oxygens (including phenoxy) is 1. The number of carbonyl (C=O) groups is 1. The fourth-order valence-corrected chi connectivity index (χ4v) is 2.34. The van der Waals surface area contributed by atoms with Gasteiger partial charge < -0.3 is 15.4 Å². The first-order valence-corrected chi connectivity index (χ1v) is 7.49. The van der Waals surface area contributed by atoms with Crippen molar-refractivity contribution in [2.24, 2.45) is 0 Å². The molecule has 0 fully saturated rings. The van der Waals surface area contributed by atoms with Crippen LogP contribution in [0, 0.1) is 5.82 Å². The SMILES string of the molecule is COc1ccc(NCC(=O)NC(C)c2ccc(F)cc2)cc1Cl. The molecule has 1 amide bonds. The summed E-state index contributed by atoms with van der Waals surface area (Å²) in [5.74, 6) is 0.102. The summed E-state index contributed by atoms with van der Waals surface area (Å²) in [6.45, 7) is 1.95. The highest BCUT2D eigenvalue weighted by Crippen LogP contribution is 2.27. The Morgan fingerprint density at radius 3 is 2.57 bits per heavy atom. The highest BCUT2D eigenvalue weighted by Gasteiger charge is 2.10. The maximum Gasteiger partial charge on any atom is 0.239 e. The molecule has 122 valence electrons. The summed E-state index contributed by atoms with van der Waals surface area (Å²) in [4.78, 5) is 12.0. The number of rotatable bonds is 6. The average Bonchev–Trinajstić information content (AvgIpc) is 2.53. The molecule has 23 heavy (non-hydrogen) atoms. The van der Waals surface area contributed by atoms with Gasteiger partial charge in [-0.15, -0.1) is 0 Å². The van der Waals surface area contributed by atoms with Crippen molar-refractivity contribution in [3.63, 3.8) is 0 Å². The van der Waals surface area contributed by atoms with Crippen molar-refractivity contribution in [3.8, 4) is 5.75 Å². The van der Waals surface area contributed by atoms with Crippen molar-refractivity contribution in [1.82, 2.24) is 5.32 Å². The van der Waals surface area contributed by atoms with Gasteiger partial charge in [0.05, 0.1) is 24.7 Å². The van der Waals surface area contributed by atoms with Crippen LogP contribution in [0.3, 0.4) is 0 Å². The van der Waals surface area contributed by atoms with E-state index < -0.39 is 0 Å². The summed E-state index contributed by atoms with van der Waals surface area (Å²) in [6.07, 6.45) is 0. The van der Waals surface area contributed by atoms with Crippen LogP contribution < -0.4 is 15.4 Å². The van der Waals surface area contributed by atoms with E-state index in [1.165, 1.54) is 12.1 Å². The summed E-state index contributed by atoms with van der Waals surface area (Å²) in [6, 6.07) is 11.0. The van der Waals surface area contributed by atoms with Gasteiger partial charge in [0.15, 0.2) is 0 Å². The predicted octanol–water partition coefficient (Wildman–Crippen LogP) is 3.78. The minimum Gasteiger partial charge on any atom is -0.495 e. The number of carbonyl (C=O) groups excluding carboxylic acids is 1. The van der Waals surface area contributed by atoms with Gasteiger partial charge in [0.2, 0.25) is 5.91 Å². The second-order valence-electron chi connectivity index (χ2n) is 5.04. The first-order chi connectivity index (χ1) is 11.0. The molecule has 1 unspecified atom stereocenters. The molecule has 2 aromatic carbocycles. The fourth-order valence-electron chi connectivity index (χ4n) is 2.09. The van der Waals surface area contributed by atoms with Gasteiger partial charge in [-0.05, 0) is 42.8 Å². The third kappa shape index (κ3) is 4.86. The molecule has 2 rings (SSSR count). The Kier molecular flexibility index (Phi) is 5.82. The van der Waals surface area contributed by atoms with E-state index in [1.54, 1.807) is 37.4 Å². The average molecular weight is 337 g/mol. The lowest BCUT2D eigenvalue weighted by Crippen LogP contribution is -2.32. The summed E-state index contributed by atoms with van der Waals surface area (Å²) < 4.78 is 18.0. The largest absolute Gasteiger partial charge is 0.495 e. The maximum absolute atomic E-state index is 12.9. The van der Waals surface area contributed by atoms with Crippen molar-refractivity contribution in [2.45, 2.75) is 13.0 Å². The molecule has 4 nitrogen and oxygen atoms in total. The van der Waals surface area contributed by atoms with Crippen molar-refractivity contribution in [3.05, 3.63) is 58.9 Å². The minimum atomic E-state index is -0.301. The number of halogens is 2. The molecule has 0 saturated carbocycles. The van der Waals surface area contributed by atoms with Crippen molar-refractivity contribution in [2.75, 3.05) is 19.0 Å². The van der Waals surface area contributed by atoms with Gasteiger partial charge >= 0.3 is 0 Å². The molecule has 0 spiro atoms. The zero-order chi connectivity index (χ0) is 16.8. The normalized spacial score (nSPS) is 11.7. The van der Waals surface area contributed by atoms with E-state index in [4.69, 9.17) is 16.3 Å². The Hall–Kier alpha value is -2.27. The van der Waals surface area contributed by atoms with Crippen molar-refractivity contribution in [1.29, 1.82) is 0 Å². The van der Waals surface area contributed by atoms with Crippen LogP contribution in [0.15, 0.2) is 42.5 Å². The molecule has 0 aliphatic rings. The Bertz CT molecular complexity index is 677. The van der Waals surface area contributed by atoms with Crippen LogP contribution in [-0.4, -0.2) is 19.6 Å². The van der Waals surface area contributed by atoms with Crippen molar-refractivity contribution < 1.29 is 13.9 Å². The zero-order valence-corrected chi connectivity index (χ0v) is 13.7. The molecule has 0 aromatic heterocycles. The number of methoxy groups -OCH3 is 1. The van der Waals surface area contributed by atoms with E-state index >= 15 is 0 Å². The van der Waals surface area contributed by atoms with Crippen LogP contribution in [0.5, 0.6) is 5.75 Å². The third-order valence-electron chi connectivity index (χ3n) is 3.35. The standard InChI is InChI=1S/C17H18ClFN2O2/c1-11(12-3-5-13(19)6-4-12)21-17(22)10-20-14-7-8-16(23-2)15(18)9-14/h3-9,11,20H,10H2,1-2H3,(H,21,22). The molecule has 2 N–H and O–H groups in total. The number of nitrogens with one attached hydrogen (secondary N) is 2. The smallest absolute Gasteiger partial charge is 0.239 e. The highest BCUT2D eigenvalue weighted by atomic mass is 35.5. The second kappa shape index (κ2) is 7.83. The molecule has 0 heterocycles. The van der Waals surface area contributed by atoms with Crippen LogP contribution in [0.4, 0.5) is 10.1 Å². The molecular weight excluding hydrogens is 319 g/mol. The van der Waals surface area contributed by atoms with E-state index in [-0.39, 0.29) is 24.3 Å². The Morgan fingerprint density at radius 2 is 1.96 bits per heavy atom. The number of hydrogen-bond acceptors (Lipinski definition) is 3. The third-order valence-corrected chi connectivity index (χ3v) is 3.65.